The molecule has 0 heterocycles. The minimum Gasteiger partial charge on any atom is -0.501 e. The number of rotatable bonds is 0. The Morgan fingerprint density at radius 1 is 0.615 bits per heavy atom. The molecule has 0 aliphatic carbocycles. The maximum atomic E-state index is 10.5. The third kappa shape index (κ3) is 1.92. The molecule has 1 rings (SSSR count). The fourth-order valence-electron chi connectivity index (χ4n) is 0.636. The van der Waals surface area contributed by atoms with Gasteiger partial charge < -0.3 is 10.2 Å². The second kappa shape index (κ2) is 4.20. The van der Waals surface area contributed by atoms with E-state index in [1.54, 1.807) is 0 Å². The van der Waals surface area contributed by atoms with Gasteiger partial charge in [-0.1, -0.05) is 0 Å². The molecule has 0 aliphatic heterocycles. The van der Waals surface area contributed by atoms with Crippen molar-refractivity contribution in [3.63, 3.8) is 0 Å². The molecule has 0 aromatic heterocycles. The summed E-state index contributed by atoms with van der Waals surface area (Å²) in [6.45, 7) is 0. The second-order valence-electron chi connectivity index (χ2n) is 2.01. The van der Waals surface area contributed by atoms with Gasteiger partial charge in [0.2, 0.25) is 11.5 Å². The van der Waals surface area contributed by atoms with Crippen LogP contribution in [0.4, 0.5) is 0 Å². The van der Waals surface area contributed by atoms with E-state index < -0.39 is 33.2 Å². The van der Waals surface area contributed by atoms with Gasteiger partial charge >= 0.3 is 0 Å². The predicted molar refractivity (Wildman–Crippen MR) is 43.0 cm³/mol. The van der Waals surface area contributed by atoms with Crippen LogP contribution in [0.25, 0.3) is 0 Å². The standard InChI is InChI=1S/C6H2O6.Ba/c7-1-2(8)4(10)6(12)5(11)3(1)9;/h7-8H;. The molecule has 0 fully saturated rings. The smallest absolute Gasteiger partial charge is 0.281 e. The van der Waals surface area contributed by atoms with Gasteiger partial charge in [-0.15, -0.1) is 0 Å². The fraction of sp³-hybridized carbons (Fsp3) is 0. The average molecular weight is 307 g/mol. The van der Waals surface area contributed by atoms with Crippen LogP contribution < -0.4 is 21.7 Å². The van der Waals surface area contributed by atoms with Crippen LogP contribution >= 0.6 is 0 Å². The summed E-state index contributed by atoms with van der Waals surface area (Å²) in [6, 6.07) is 0. The summed E-state index contributed by atoms with van der Waals surface area (Å²) in [5, 5.41) is 17.2. The molecule has 0 bridgehead atoms. The first-order chi connectivity index (χ1) is 5.46. The molecule has 0 amide bonds. The fourth-order valence-corrected chi connectivity index (χ4v) is 0.636. The number of hydrogen-bond acceptors (Lipinski definition) is 6. The van der Waals surface area contributed by atoms with Gasteiger partial charge in [-0.25, -0.2) is 0 Å². The van der Waals surface area contributed by atoms with Crippen LogP contribution in [0, 0.1) is 0 Å². The molecule has 0 unspecified atom stereocenters. The summed E-state index contributed by atoms with van der Waals surface area (Å²) in [4.78, 5) is 41.9. The zero-order valence-electron chi connectivity index (χ0n) is 6.23. The molecule has 64 valence electrons. The van der Waals surface area contributed by atoms with E-state index in [0.717, 1.165) is 0 Å². The Kier molecular flexibility index (Phi) is 4.07. The Hall–Kier alpha value is -0.409. The van der Waals surface area contributed by atoms with Crippen molar-refractivity contribution in [3.8, 4) is 11.5 Å². The summed E-state index contributed by atoms with van der Waals surface area (Å²) < 4.78 is 0. The molecule has 1 aromatic carbocycles. The summed E-state index contributed by atoms with van der Waals surface area (Å²) in [7, 11) is 0. The summed E-state index contributed by atoms with van der Waals surface area (Å²) >= 11 is 0. The average Bonchev–Trinajstić information content (AvgIpc) is 2.08. The van der Waals surface area contributed by atoms with Crippen molar-refractivity contribution in [1.82, 2.24) is 0 Å². The van der Waals surface area contributed by atoms with Crippen molar-refractivity contribution in [1.29, 1.82) is 0 Å². The first kappa shape index (κ1) is 12.6. The van der Waals surface area contributed by atoms with E-state index in [-0.39, 0.29) is 48.9 Å². The predicted octanol–water partition coefficient (Wildman–Crippen LogP) is -2.97. The van der Waals surface area contributed by atoms with Crippen LogP contribution in [-0.2, 0) is 0 Å². The number of aromatic hydroxyl groups is 2. The monoisotopic (exact) mass is 308 g/mol. The Morgan fingerprint density at radius 3 is 1.08 bits per heavy atom. The van der Waals surface area contributed by atoms with Crippen molar-refractivity contribution < 1.29 is 10.2 Å². The number of benzene rings is 1. The SMILES string of the molecule is O=c1c(O)c(O)c(=O)c(=O)c1=O.[Ba]. The van der Waals surface area contributed by atoms with E-state index in [9.17, 15) is 19.2 Å². The van der Waals surface area contributed by atoms with Crippen LogP contribution in [0.2, 0.25) is 0 Å². The van der Waals surface area contributed by atoms with Crippen molar-refractivity contribution in [2.45, 2.75) is 0 Å². The maximum Gasteiger partial charge on any atom is 0.281 e. The Balaban J connectivity index is 0.00000144. The largest absolute Gasteiger partial charge is 0.501 e. The van der Waals surface area contributed by atoms with E-state index in [0.29, 0.717) is 0 Å². The van der Waals surface area contributed by atoms with E-state index in [1.807, 2.05) is 0 Å². The van der Waals surface area contributed by atoms with Gasteiger partial charge in [0.25, 0.3) is 21.7 Å². The topological polar surface area (TPSA) is 109 Å². The minimum atomic E-state index is -1.63. The summed E-state index contributed by atoms with van der Waals surface area (Å²) in [5.41, 5.74) is -6.38. The van der Waals surface area contributed by atoms with E-state index >= 15 is 0 Å². The number of phenolic OH excluding ortho intramolecular Hbond substituents is 2. The molecule has 2 radical (unpaired) electrons. The Labute approximate surface area is 110 Å². The summed E-state index contributed by atoms with van der Waals surface area (Å²) in [5.74, 6) is -2.74. The molecule has 0 atom stereocenters. The van der Waals surface area contributed by atoms with Crippen LogP contribution in [0.1, 0.15) is 0 Å². The van der Waals surface area contributed by atoms with Crippen LogP contribution in [0.15, 0.2) is 19.2 Å². The van der Waals surface area contributed by atoms with Gasteiger partial charge in [-0.05, 0) is 0 Å². The van der Waals surface area contributed by atoms with Crippen LogP contribution in [0.5, 0.6) is 11.5 Å². The van der Waals surface area contributed by atoms with Gasteiger partial charge in [0.1, 0.15) is 0 Å². The number of phenols is 2. The molecule has 0 saturated carbocycles. The van der Waals surface area contributed by atoms with E-state index in [4.69, 9.17) is 10.2 Å². The summed E-state index contributed by atoms with van der Waals surface area (Å²) in [6.07, 6.45) is 0. The minimum absolute atomic E-state index is 0. The van der Waals surface area contributed by atoms with Crippen molar-refractivity contribution in [2.75, 3.05) is 0 Å². The molecule has 0 aliphatic rings. The van der Waals surface area contributed by atoms with Gasteiger partial charge in [0, 0.05) is 48.9 Å². The third-order valence-corrected chi connectivity index (χ3v) is 1.27. The first-order valence-corrected chi connectivity index (χ1v) is 2.76. The first-order valence-electron chi connectivity index (χ1n) is 2.76. The molecule has 1 aromatic rings. The van der Waals surface area contributed by atoms with Gasteiger partial charge in [-0.3, -0.25) is 19.2 Å². The Morgan fingerprint density at radius 2 is 0.846 bits per heavy atom. The zero-order chi connectivity index (χ0) is 9.46. The molecular formula is C6H2BaO6. The molecule has 6 nitrogen and oxygen atoms in total. The van der Waals surface area contributed by atoms with Crippen LogP contribution in [-0.4, -0.2) is 59.1 Å². The third-order valence-electron chi connectivity index (χ3n) is 1.27. The van der Waals surface area contributed by atoms with Crippen molar-refractivity contribution >= 4 is 48.9 Å². The molecule has 13 heavy (non-hydrogen) atoms. The zero-order valence-corrected chi connectivity index (χ0v) is 10.7. The molecule has 7 heteroatoms. The molecule has 0 saturated heterocycles. The van der Waals surface area contributed by atoms with Crippen LogP contribution in [0.3, 0.4) is 0 Å². The maximum absolute atomic E-state index is 10.5. The van der Waals surface area contributed by atoms with Gasteiger partial charge in [0.05, 0.1) is 0 Å². The normalized spacial score (nSPS) is 9.23. The quantitative estimate of drug-likeness (QED) is 0.301. The molecule has 2 N–H and O–H groups in total. The molecular weight excluding hydrogens is 305 g/mol. The van der Waals surface area contributed by atoms with E-state index in [2.05, 4.69) is 0 Å². The van der Waals surface area contributed by atoms with Gasteiger partial charge in [-0.2, -0.15) is 0 Å². The molecule has 0 spiro atoms. The van der Waals surface area contributed by atoms with Gasteiger partial charge in [0.15, 0.2) is 0 Å². The van der Waals surface area contributed by atoms with Crippen molar-refractivity contribution in [2.24, 2.45) is 0 Å². The number of hydrogen-bond donors (Lipinski definition) is 2. The van der Waals surface area contributed by atoms with Crippen molar-refractivity contribution in [3.05, 3.63) is 40.9 Å². The van der Waals surface area contributed by atoms with E-state index in [1.165, 1.54) is 0 Å². The second-order valence-corrected chi connectivity index (χ2v) is 2.01. The Bertz CT molecular complexity index is 475.